The first-order chi connectivity index (χ1) is 10.7. The van der Waals surface area contributed by atoms with Gasteiger partial charge in [-0.1, -0.05) is 54.6 Å². The van der Waals surface area contributed by atoms with E-state index in [0.717, 1.165) is 16.7 Å². The molecule has 2 amide bonds. The van der Waals surface area contributed by atoms with E-state index < -0.39 is 12.1 Å². The average Bonchev–Trinajstić information content (AvgIpc) is 2.58. The maximum absolute atomic E-state index is 11.5. The molecule has 3 rings (SSSR count). The van der Waals surface area contributed by atoms with Gasteiger partial charge in [0.15, 0.2) is 0 Å². The summed E-state index contributed by atoms with van der Waals surface area (Å²) in [5.74, 6) is -0.177. The number of alkyl carbamates (subject to hydrolysis) is 1. The number of amides is 2. The average molecular weight is 296 g/mol. The summed E-state index contributed by atoms with van der Waals surface area (Å²) in [7, 11) is 0. The van der Waals surface area contributed by atoms with Crippen LogP contribution in [0.15, 0.2) is 54.6 Å². The highest BCUT2D eigenvalue weighted by Gasteiger charge is 2.29. The number of rotatable bonds is 4. The Kier molecular flexibility index (Phi) is 4.05. The summed E-state index contributed by atoms with van der Waals surface area (Å²) in [5.41, 5.74) is 3.15. The fourth-order valence-electron chi connectivity index (χ4n) is 2.16. The first kappa shape index (κ1) is 14.1. The van der Waals surface area contributed by atoms with E-state index in [9.17, 15) is 9.59 Å². The Labute approximate surface area is 128 Å². The van der Waals surface area contributed by atoms with Crippen LogP contribution in [0.25, 0.3) is 11.1 Å². The molecule has 2 aromatic carbocycles. The Morgan fingerprint density at radius 1 is 1.09 bits per heavy atom. The SMILES string of the molecule is O=C(NC1CNC1=O)OCc1ccc(-c2ccccc2)cc1. The second-order valence-electron chi connectivity index (χ2n) is 5.08. The first-order valence-corrected chi connectivity index (χ1v) is 7.08. The minimum atomic E-state index is -0.577. The molecule has 0 aromatic heterocycles. The molecule has 1 fully saturated rings. The molecule has 0 saturated carbocycles. The zero-order chi connectivity index (χ0) is 15.4. The number of hydrogen-bond donors (Lipinski definition) is 2. The second-order valence-corrected chi connectivity index (χ2v) is 5.08. The molecule has 5 nitrogen and oxygen atoms in total. The molecule has 1 unspecified atom stereocenters. The molecule has 0 radical (unpaired) electrons. The van der Waals surface area contributed by atoms with Crippen LogP contribution in [-0.2, 0) is 16.1 Å². The molecule has 5 heteroatoms. The lowest BCUT2D eigenvalue weighted by atomic mass is 10.0. The van der Waals surface area contributed by atoms with Gasteiger partial charge in [0.05, 0.1) is 0 Å². The molecule has 1 saturated heterocycles. The van der Waals surface area contributed by atoms with Crippen LogP contribution in [0, 0.1) is 0 Å². The predicted octanol–water partition coefficient (Wildman–Crippen LogP) is 2.08. The standard InChI is InChI=1S/C17H16N2O3/c20-16-15(10-18-16)19-17(21)22-11-12-6-8-14(9-7-12)13-4-2-1-3-5-13/h1-9,15H,10-11H2,(H,18,20)(H,19,21). The molecule has 2 aromatic rings. The third kappa shape index (κ3) is 3.25. The Morgan fingerprint density at radius 3 is 2.36 bits per heavy atom. The van der Waals surface area contributed by atoms with E-state index in [2.05, 4.69) is 10.6 Å². The van der Waals surface area contributed by atoms with E-state index in [4.69, 9.17) is 4.74 Å². The van der Waals surface area contributed by atoms with E-state index in [-0.39, 0.29) is 12.5 Å². The van der Waals surface area contributed by atoms with E-state index in [1.165, 1.54) is 0 Å². The van der Waals surface area contributed by atoms with Crippen molar-refractivity contribution in [2.75, 3.05) is 6.54 Å². The van der Waals surface area contributed by atoms with Crippen LogP contribution >= 0.6 is 0 Å². The van der Waals surface area contributed by atoms with Gasteiger partial charge in [-0.3, -0.25) is 4.79 Å². The number of benzene rings is 2. The molecular weight excluding hydrogens is 280 g/mol. The normalized spacial score (nSPS) is 16.4. The predicted molar refractivity (Wildman–Crippen MR) is 82.0 cm³/mol. The van der Waals surface area contributed by atoms with Crippen LogP contribution in [0.2, 0.25) is 0 Å². The van der Waals surface area contributed by atoms with Gasteiger partial charge >= 0.3 is 6.09 Å². The fourth-order valence-corrected chi connectivity index (χ4v) is 2.16. The fraction of sp³-hybridized carbons (Fsp3) is 0.176. The number of ether oxygens (including phenoxy) is 1. The van der Waals surface area contributed by atoms with Gasteiger partial charge in [-0.2, -0.15) is 0 Å². The van der Waals surface area contributed by atoms with Crippen molar-refractivity contribution in [2.45, 2.75) is 12.6 Å². The number of nitrogens with one attached hydrogen (secondary N) is 2. The molecule has 2 N–H and O–H groups in total. The van der Waals surface area contributed by atoms with Crippen molar-refractivity contribution >= 4 is 12.0 Å². The molecule has 1 heterocycles. The van der Waals surface area contributed by atoms with Crippen molar-refractivity contribution in [3.63, 3.8) is 0 Å². The van der Waals surface area contributed by atoms with Crippen molar-refractivity contribution < 1.29 is 14.3 Å². The lowest BCUT2D eigenvalue weighted by Gasteiger charge is -2.26. The highest BCUT2D eigenvalue weighted by Crippen LogP contribution is 2.19. The van der Waals surface area contributed by atoms with Gasteiger partial charge in [-0.25, -0.2) is 4.79 Å². The maximum Gasteiger partial charge on any atom is 0.408 e. The summed E-state index contributed by atoms with van der Waals surface area (Å²) in [6, 6.07) is 17.4. The van der Waals surface area contributed by atoms with Crippen molar-refractivity contribution in [1.29, 1.82) is 0 Å². The first-order valence-electron chi connectivity index (χ1n) is 7.08. The minimum Gasteiger partial charge on any atom is -0.445 e. The molecule has 1 aliphatic heterocycles. The van der Waals surface area contributed by atoms with Crippen LogP contribution in [-0.4, -0.2) is 24.6 Å². The summed E-state index contributed by atoms with van der Waals surface area (Å²) in [6.45, 7) is 0.634. The van der Waals surface area contributed by atoms with Gasteiger partial charge in [-0.05, 0) is 16.7 Å². The summed E-state index contributed by atoms with van der Waals surface area (Å²) in [4.78, 5) is 22.6. The van der Waals surface area contributed by atoms with Gasteiger partial charge in [-0.15, -0.1) is 0 Å². The molecular formula is C17H16N2O3. The minimum absolute atomic E-state index is 0.176. The molecule has 0 bridgehead atoms. The largest absolute Gasteiger partial charge is 0.445 e. The van der Waals surface area contributed by atoms with E-state index in [1.54, 1.807) is 0 Å². The Bertz CT molecular complexity index is 668. The highest BCUT2D eigenvalue weighted by atomic mass is 16.5. The monoisotopic (exact) mass is 296 g/mol. The molecule has 1 aliphatic rings. The van der Waals surface area contributed by atoms with Gasteiger partial charge in [0.2, 0.25) is 5.91 Å². The van der Waals surface area contributed by atoms with Gasteiger partial charge in [0.1, 0.15) is 12.6 Å². The zero-order valence-electron chi connectivity index (χ0n) is 11.9. The van der Waals surface area contributed by atoms with E-state index in [1.807, 2.05) is 54.6 Å². The summed E-state index contributed by atoms with van der Waals surface area (Å²) < 4.78 is 5.10. The summed E-state index contributed by atoms with van der Waals surface area (Å²) in [5, 5.41) is 5.05. The Balaban J connectivity index is 1.53. The summed E-state index contributed by atoms with van der Waals surface area (Å²) >= 11 is 0. The topological polar surface area (TPSA) is 67.4 Å². The molecule has 0 aliphatic carbocycles. The van der Waals surface area contributed by atoms with Crippen LogP contribution in [0.1, 0.15) is 5.56 Å². The van der Waals surface area contributed by atoms with Crippen LogP contribution in [0.3, 0.4) is 0 Å². The molecule has 1 atom stereocenters. The number of β-lactam (4-membered cyclic amide) rings is 1. The van der Waals surface area contributed by atoms with E-state index >= 15 is 0 Å². The number of carbonyl (C=O) groups excluding carboxylic acids is 2. The quantitative estimate of drug-likeness (QED) is 0.849. The van der Waals surface area contributed by atoms with Gasteiger partial charge in [0, 0.05) is 6.54 Å². The second kappa shape index (κ2) is 6.30. The third-order valence-corrected chi connectivity index (χ3v) is 3.52. The van der Waals surface area contributed by atoms with Gasteiger partial charge < -0.3 is 15.4 Å². The van der Waals surface area contributed by atoms with Crippen molar-refractivity contribution in [1.82, 2.24) is 10.6 Å². The van der Waals surface area contributed by atoms with Gasteiger partial charge in [0.25, 0.3) is 0 Å². The number of hydrogen-bond acceptors (Lipinski definition) is 3. The summed E-state index contributed by atoms with van der Waals surface area (Å²) in [6.07, 6.45) is -0.577. The van der Waals surface area contributed by atoms with Crippen molar-refractivity contribution in [3.05, 3.63) is 60.2 Å². The third-order valence-electron chi connectivity index (χ3n) is 3.52. The maximum atomic E-state index is 11.5. The van der Waals surface area contributed by atoms with Crippen LogP contribution in [0.5, 0.6) is 0 Å². The van der Waals surface area contributed by atoms with Crippen molar-refractivity contribution in [2.24, 2.45) is 0 Å². The highest BCUT2D eigenvalue weighted by molar-refractivity contribution is 5.90. The lowest BCUT2D eigenvalue weighted by Crippen LogP contribution is -2.61. The Hall–Kier alpha value is -2.82. The molecule has 22 heavy (non-hydrogen) atoms. The Morgan fingerprint density at radius 2 is 1.77 bits per heavy atom. The van der Waals surface area contributed by atoms with Crippen molar-refractivity contribution in [3.8, 4) is 11.1 Å². The molecule has 0 spiro atoms. The van der Waals surface area contributed by atoms with E-state index in [0.29, 0.717) is 6.54 Å². The number of carbonyl (C=O) groups is 2. The smallest absolute Gasteiger partial charge is 0.408 e. The zero-order valence-corrected chi connectivity index (χ0v) is 11.9. The molecule has 112 valence electrons. The van der Waals surface area contributed by atoms with Crippen LogP contribution in [0.4, 0.5) is 4.79 Å². The lowest BCUT2D eigenvalue weighted by molar-refractivity contribution is -0.128. The van der Waals surface area contributed by atoms with Crippen LogP contribution < -0.4 is 10.6 Å².